The lowest BCUT2D eigenvalue weighted by molar-refractivity contribution is 0.0943. The molecule has 0 spiro atoms. The zero-order valence-electron chi connectivity index (χ0n) is 11.0. The van der Waals surface area contributed by atoms with E-state index in [2.05, 4.69) is 42.3 Å². The number of rotatable bonds is 3. The summed E-state index contributed by atoms with van der Waals surface area (Å²) >= 11 is 0. The minimum Gasteiger partial charge on any atom is -0.377 e. The Bertz CT molecular complexity index is 376. The van der Waals surface area contributed by atoms with Gasteiger partial charge in [0, 0.05) is 18.8 Å². The van der Waals surface area contributed by atoms with Crippen molar-refractivity contribution in [3.05, 3.63) is 29.3 Å². The van der Waals surface area contributed by atoms with Crippen LogP contribution in [0.25, 0.3) is 0 Å². The van der Waals surface area contributed by atoms with Crippen LogP contribution in [0.3, 0.4) is 0 Å². The number of anilines is 1. The fourth-order valence-electron chi connectivity index (χ4n) is 2.42. The molecule has 3 nitrogen and oxygen atoms in total. The number of hydrogen-bond donors (Lipinski definition) is 1. The first kappa shape index (κ1) is 12.4. The lowest BCUT2D eigenvalue weighted by Crippen LogP contribution is -2.50. The highest BCUT2D eigenvalue weighted by Gasteiger charge is 2.23. The SMILES string of the molecule is CNCC1COCCN1c1cccc(C)c1C. The zero-order chi connectivity index (χ0) is 12.3. The lowest BCUT2D eigenvalue weighted by atomic mass is 10.1. The first-order chi connectivity index (χ1) is 8.24. The normalized spacial score (nSPS) is 20.6. The van der Waals surface area contributed by atoms with Crippen molar-refractivity contribution in [1.82, 2.24) is 5.32 Å². The van der Waals surface area contributed by atoms with E-state index in [4.69, 9.17) is 4.74 Å². The third kappa shape index (κ3) is 2.61. The Kier molecular flexibility index (Phi) is 4.02. The quantitative estimate of drug-likeness (QED) is 0.862. The van der Waals surface area contributed by atoms with Crippen LogP contribution < -0.4 is 10.2 Å². The van der Waals surface area contributed by atoms with Crippen molar-refractivity contribution in [2.75, 3.05) is 38.3 Å². The van der Waals surface area contributed by atoms with E-state index in [0.717, 1.165) is 26.3 Å². The molecule has 0 saturated carbocycles. The van der Waals surface area contributed by atoms with Crippen LogP contribution in [-0.2, 0) is 4.74 Å². The Morgan fingerprint density at radius 3 is 3.00 bits per heavy atom. The van der Waals surface area contributed by atoms with Gasteiger partial charge in [0.1, 0.15) is 0 Å². The van der Waals surface area contributed by atoms with Gasteiger partial charge in [-0.3, -0.25) is 0 Å². The predicted molar refractivity (Wildman–Crippen MR) is 71.8 cm³/mol. The van der Waals surface area contributed by atoms with Crippen LogP contribution in [0, 0.1) is 13.8 Å². The molecule has 1 aromatic carbocycles. The molecule has 1 aliphatic heterocycles. The molecule has 0 aromatic heterocycles. The van der Waals surface area contributed by atoms with E-state index in [1.165, 1.54) is 16.8 Å². The minimum absolute atomic E-state index is 0.439. The molecule has 0 radical (unpaired) electrons. The molecular formula is C14H22N2O. The fourth-order valence-corrected chi connectivity index (χ4v) is 2.42. The number of nitrogens with zero attached hydrogens (tertiary/aromatic N) is 1. The van der Waals surface area contributed by atoms with Gasteiger partial charge in [-0.25, -0.2) is 0 Å². The topological polar surface area (TPSA) is 24.5 Å². The van der Waals surface area contributed by atoms with Gasteiger partial charge in [0.05, 0.1) is 19.3 Å². The van der Waals surface area contributed by atoms with Gasteiger partial charge in [0.2, 0.25) is 0 Å². The third-order valence-corrected chi connectivity index (χ3v) is 3.55. The van der Waals surface area contributed by atoms with E-state index in [-0.39, 0.29) is 0 Å². The van der Waals surface area contributed by atoms with Gasteiger partial charge in [-0.05, 0) is 38.1 Å². The molecule has 1 fully saturated rings. The first-order valence-electron chi connectivity index (χ1n) is 6.29. The Hall–Kier alpha value is -1.06. The monoisotopic (exact) mass is 234 g/mol. The molecule has 2 rings (SSSR count). The second-order valence-corrected chi connectivity index (χ2v) is 4.70. The molecule has 94 valence electrons. The van der Waals surface area contributed by atoms with Gasteiger partial charge in [0.25, 0.3) is 0 Å². The van der Waals surface area contributed by atoms with E-state index in [1.54, 1.807) is 0 Å². The fraction of sp³-hybridized carbons (Fsp3) is 0.571. The van der Waals surface area contributed by atoms with E-state index < -0.39 is 0 Å². The number of morpholine rings is 1. The van der Waals surface area contributed by atoms with Crippen molar-refractivity contribution in [2.45, 2.75) is 19.9 Å². The number of benzene rings is 1. The summed E-state index contributed by atoms with van der Waals surface area (Å²) in [7, 11) is 2.00. The van der Waals surface area contributed by atoms with Crippen molar-refractivity contribution in [3.63, 3.8) is 0 Å². The van der Waals surface area contributed by atoms with Crippen LogP contribution in [0.2, 0.25) is 0 Å². The Morgan fingerprint density at radius 2 is 2.24 bits per heavy atom. The van der Waals surface area contributed by atoms with Crippen LogP contribution in [0.4, 0.5) is 5.69 Å². The van der Waals surface area contributed by atoms with Crippen LogP contribution in [-0.4, -0.2) is 39.4 Å². The molecule has 1 unspecified atom stereocenters. The molecule has 0 amide bonds. The average molecular weight is 234 g/mol. The summed E-state index contributed by atoms with van der Waals surface area (Å²) in [6.45, 7) is 7.97. The summed E-state index contributed by atoms with van der Waals surface area (Å²) in [5.41, 5.74) is 4.10. The second-order valence-electron chi connectivity index (χ2n) is 4.70. The summed E-state index contributed by atoms with van der Waals surface area (Å²) in [6.07, 6.45) is 0. The maximum absolute atomic E-state index is 5.57. The van der Waals surface area contributed by atoms with Crippen molar-refractivity contribution >= 4 is 5.69 Å². The molecule has 0 aliphatic carbocycles. The Morgan fingerprint density at radius 1 is 1.41 bits per heavy atom. The molecule has 1 heterocycles. The van der Waals surface area contributed by atoms with E-state index in [1.807, 2.05) is 7.05 Å². The van der Waals surface area contributed by atoms with Gasteiger partial charge < -0.3 is 15.0 Å². The van der Waals surface area contributed by atoms with Crippen LogP contribution >= 0.6 is 0 Å². The van der Waals surface area contributed by atoms with Crippen molar-refractivity contribution in [1.29, 1.82) is 0 Å². The number of hydrogen-bond acceptors (Lipinski definition) is 3. The van der Waals surface area contributed by atoms with Gasteiger partial charge in [-0.2, -0.15) is 0 Å². The summed E-state index contributed by atoms with van der Waals surface area (Å²) in [5, 5.41) is 3.25. The molecular weight excluding hydrogens is 212 g/mol. The average Bonchev–Trinajstić information content (AvgIpc) is 2.34. The summed E-state index contributed by atoms with van der Waals surface area (Å²) < 4.78 is 5.57. The number of nitrogens with one attached hydrogen (secondary N) is 1. The standard InChI is InChI=1S/C14H22N2O/c1-11-5-4-6-14(12(11)2)16-7-8-17-10-13(16)9-15-3/h4-6,13,15H,7-10H2,1-3H3. The summed E-state index contributed by atoms with van der Waals surface area (Å²) in [4.78, 5) is 2.47. The third-order valence-electron chi connectivity index (χ3n) is 3.55. The zero-order valence-corrected chi connectivity index (χ0v) is 11.0. The molecule has 1 aliphatic rings. The summed E-state index contributed by atoms with van der Waals surface area (Å²) in [6, 6.07) is 6.97. The highest BCUT2D eigenvalue weighted by molar-refractivity contribution is 5.57. The van der Waals surface area contributed by atoms with Crippen molar-refractivity contribution in [3.8, 4) is 0 Å². The molecule has 0 bridgehead atoms. The second kappa shape index (κ2) is 5.52. The van der Waals surface area contributed by atoms with Crippen LogP contribution in [0.1, 0.15) is 11.1 Å². The molecule has 1 atom stereocenters. The van der Waals surface area contributed by atoms with Crippen LogP contribution in [0.5, 0.6) is 0 Å². The number of ether oxygens (including phenoxy) is 1. The van der Waals surface area contributed by atoms with E-state index >= 15 is 0 Å². The Balaban J connectivity index is 2.26. The van der Waals surface area contributed by atoms with Gasteiger partial charge in [-0.15, -0.1) is 0 Å². The van der Waals surface area contributed by atoms with Gasteiger partial charge in [0.15, 0.2) is 0 Å². The van der Waals surface area contributed by atoms with Crippen LogP contribution in [0.15, 0.2) is 18.2 Å². The maximum atomic E-state index is 5.57. The van der Waals surface area contributed by atoms with E-state index in [0.29, 0.717) is 6.04 Å². The minimum atomic E-state index is 0.439. The van der Waals surface area contributed by atoms with Gasteiger partial charge >= 0.3 is 0 Å². The highest BCUT2D eigenvalue weighted by Crippen LogP contribution is 2.25. The largest absolute Gasteiger partial charge is 0.377 e. The molecule has 17 heavy (non-hydrogen) atoms. The molecule has 1 aromatic rings. The number of aryl methyl sites for hydroxylation is 1. The Labute approximate surface area is 104 Å². The highest BCUT2D eigenvalue weighted by atomic mass is 16.5. The first-order valence-corrected chi connectivity index (χ1v) is 6.29. The lowest BCUT2D eigenvalue weighted by Gasteiger charge is -2.38. The maximum Gasteiger partial charge on any atom is 0.0683 e. The molecule has 1 saturated heterocycles. The molecule has 1 N–H and O–H groups in total. The van der Waals surface area contributed by atoms with Gasteiger partial charge in [-0.1, -0.05) is 12.1 Å². The summed E-state index contributed by atoms with van der Waals surface area (Å²) in [5.74, 6) is 0. The number of likely N-dealkylation sites (N-methyl/N-ethyl adjacent to an activating group) is 1. The van der Waals surface area contributed by atoms with Crippen molar-refractivity contribution in [2.24, 2.45) is 0 Å². The van der Waals surface area contributed by atoms with Crippen molar-refractivity contribution < 1.29 is 4.74 Å². The predicted octanol–water partition coefficient (Wildman–Crippen LogP) is 1.73. The molecule has 3 heteroatoms. The smallest absolute Gasteiger partial charge is 0.0683 e. The van der Waals surface area contributed by atoms with E-state index in [9.17, 15) is 0 Å².